The van der Waals surface area contributed by atoms with E-state index in [1.54, 1.807) is 24.3 Å². The molecule has 0 aliphatic rings. The fraction of sp³-hybridized carbons (Fsp3) is 0.350. The molecule has 0 atom stereocenters. The van der Waals surface area contributed by atoms with Gasteiger partial charge >= 0.3 is 0 Å². The second-order valence-corrected chi connectivity index (χ2v) is 8.12. The van der Waals surface area contributed by atoms with Crippen LogP contribution in [0.2, 0.25) is 0 Å². The highest BCUT2D eigenvalue weighted by Crippen LogP contribution is 2.28. The number of nitrogens with one attached hydrogen (secondary N) is 1. The van der Waals surface area contributed by atoms with Crippen LogP contribution in [0.25, 0.3) is 0 Å². The number of nitrogens with zero attached hydrogens (tertiary/aromatic N) is 1. The summed E-state index contributed by atoms with van der Waals surface area (Å²) < 4.78 is 35.6. The molecule has 0 aliphatic heterocycles. The Balaban J connectivity index is 2.11. The van der Waals surface area contributed by atoms with Crippen molar-refractivity contribution in [1.82, 2.24) is 5.32 Å². The molecule has 0 unspecified atom stereocenters. The molecule has 0 aromatic heterocycles. The SMILES string of the molecule is CCOc1ccc(CNC(=O)c2cccc(N(C)S(C)(=O)=O)c2)cc1OCC. The molecule has 8 heteroatoms. The van der Waals surface area contributed by atoms with E-state index in [4.69, 9.17) is 9.47 Å². The molecule has 0 spiro atoms. The molecule has 152 valence electrons. The molecule has 0 fully saturated rings. The molecule has 0 aliphatic carbocycles. The summed E-state index contributed by atoms with van der Waals surface area (Å²) in [5.74, 6) is 0.999. The lowest BCUT2D eigenvalue weighted by molar-refractivity contribution is 0.0951. The van der Waals surface area contributed by atoms with E-state index >= 15 is 0 Å². The molecule has 2 aromatic carbocycles. The van der Waals surface area contributed by atoms with Crippen LogP contribution in [0.15, 0.2) is 42.5 Å². The van der Waals surface area contributed by atoms with Crippen LogP contribution in [0.5, 0.6) is 11.5 Å². The third kappa shape index (κ3) is 5.63. The summed E-state index contributed by atoms with van der Waals surface area (Å²) in [4.78, 5) is 12.5. The minimum Gasteiger partial charge on any atom is -0.490 e. The third-order valence-electron chi connectivity index (χ3n) is 4.03. The number of amides is 1. The van der Waals surface area contributed by atoms with Crippen molar-refractivity contribution < 1.29 is 22.7 Å². The normalized spacial score (nSPS) is 11.0. The molecule has 0 heterocycles. The molecule has 1 N–H and O–H groups in total. The maximum Gasteiger partial charge on any atom is 0.251 e. The van der Waals surface area contributed by atoms with Gasteiger partial charge in [0, 0.05) is 19.2 Å². The van der Waals surface area contributed by atoms with Crippen molar-refractivity contribution in [3.63, 3.8) is 0 Å². The highest BCUT2D eigenvalue weighted by Gasteiger charge is 2.14. The van der Waals surface area contributed by atoms with E-state index in [9.17, 15) is 13.2 Å². The van der Waals surface area contributed by atoms with Crippen LogP contribution >= 0.6 is 0 Å². The average molecular weight is 407 g/mol. The van der Waals surface area contributed by atoms with E-state index in [1.165, 1.54) is 7.05 Å². The summed E-state index contributed by atoms with van der Waals surface area (Å²) in [5.41, 5.74) is 1.67. The molecule has 28 heavy (non-hydrogen) atoms. The largest absolute Gasteiger partial charge is 0.490 e. The van der Waals surface area contributed by atoms with Crippen molar-refractivity contribution >= 4 is 21.6 Å². The van der Waals surface area contributed by atoms with Crippen molar-refractivity contribution in [2.24, 2.45) is 0 Å². The van der Waals surface area contributed by atoms with E-state index in [-0.39, 0.29) is 5.91 Å². The molecule has 7 nitrogen and oxygen atoms in total. The van der Waals surface area contributed by atoms with E-state index in [0.717, 1.165) is 16.1 Å². The van der Waals surface area contributed by atoms with Crippen molar-refractivity contribution in [2.75, 3.05) is 30.8 Å². The Hall–Kier alpha value is -2.74. The average Bonchev–Trinajstić information content (AvgIpc) is 2.67. The fourth-order valence-electron chi connectivity index (χ4n) is 2.52. The van der Waals surface area contributed by atoms with Crippen LogP contribution in [0.3, 0.4) is 0 Å². The van der Waals surface area contributed by atoms with Gasteiger partial charge in [0.1, 0.15) is 0 Å². The van der Waals surface area contributed by atoms with Crippen molar-refractivity contribution in [2.45, 2.75) is 20.4 Å². The molecule has 1 amide bonds. The minimum atomic E-state index is -3.40. The van der Waals surface area contributed by atoms with Gasteiger partial charge in [-0.1, -0.05) is 12.1 Å². The number of hydrogen-bond acceptors (Lipinski definition) is 5. The van der Waals surface area contributed by atoms with Crippen LogP contribution < -0.4 is 19.1 Å². The molecular formula is C20H26N2O5S. The second kappa shape index (κ2) is 9.45. The van der Waals surface area contributed by atoms with E-state index in [2.05, 4.69) is 5.32 Å². The Kier molecular flexibility index (Phi) is 7.28. The van der Waals surface area contributed by atoms with Crippen LogP contribution in [-0.2, 0) is 16.6 Å². The number of hydrogen-bond donors (Lipinski definition) is 1. The topological polar surface area (TPSA) is 84.9 Å². The smallest absolute Gasteiger partial charge is 0.251 e. The molecule has 0 radical (unpaired) electrons. The summed E-state index contributed by atoms with van der Waals surface area (Å²) in [6.07, 6.45) is 1.11. The van der Waals surface area contributed by atoms with E-state index < -0.39 is 10.0 Å². The van der Waals surface area contributed by atoms with Gasteiger partial charge in [0.2, 0.25) is 10.0 Å². The standard InChI is InChI=1S/C20H26N2O5S/c1-5-26-18-11-10-15(12-19(18)27-6-2)14-21-20(23)16-8-7-9-17(13-16)22(3)28(4,24)25/h7-13H,5-6,14H2,1-4H3,(H,21,23). The molecule has 0 saturated carbocycles. The third-order valence-corrected chi connectivity index (χ3v) is 5.24. The lowest BCUT2D eigenvalue weighted by atomic mass is 10.1. The summed E-state index contributed by atoms with van der Waals surface area (Å²) in [6.45, 7) is 5.15. The fourth-order valence-corrected chi connectivity index (χ4v) is 3.02. The zero-order valence-electron chi connectivity index (χ0n) is 16.6. The van der Waals surface area contributed by atoms with Gasteiger partial charge in [-0.05, 0) is 49.7 Å². The second-order valence-electron chi connectivity index (χ2n) is 6.11. The van der Waals surface area contributed by atoms with Gasteiger partial charge in [-0.3, -0.25) is 9.10 Å². The van der Waals surface area contributed by atoms with Crippen molar-refractivity contribution in [3.8, 4) is 11.5 Å². The Morgan fingerprint density at radius 3 is 2.36 bits per heavy atom. The predicted molar refractivity (Wildman–Crippen MR) is 110 cm³/mol. The summed E-state index contributed by atoms with van der Waals surface area (Å²) in [6, 6.07) is 12.0. The number of rotatable bonds is 9. The summed E-state index contributed by atoms with van der Waals surface area (Å²) in [7, 11) is -1.95. The number of ether oxygens (including phenoxy) is 2. The van der Waals surface area contributed by atoms with Crippen LogP contribution in [-0.4, -0.2) is 40.8 Å². The quantitative estimate of drug-likeness (QED) is 0.692. The Morgan fingerprint density at radius 1 is 1.04 bits per heavy atom. The zero-order valence-corrected chi connectivity index (χ0v) is 17.4. The van der Waals surface area contributed by atoms with Gasteiger partial charge in [0.05, 0.1) is 25.2 Å². The highest BCUT2D eigenvalue weighted by atomic mass is 32.2. The Morgan fingerprint density at radius 2 is 1.71 bits per heavy atom. The predicted octanol–water partition coefficient (Wildman–Crippen LogP) is 2.81. The van der Waals surface area contributed by atoms with Gasteiger partial charge in [-0.2, -0.15) is 0 Å². The maximum atomic E-state index is 12.5. The number of anilines is 1. The Bertz CT molecular complexity index is 928. The number of benzene rings is 2. The number of carbonyl (C=O) groups excluding carboxylic acids is 1. The zero-order chi connectivity index (χ0) is 20.7. The van der Waals surface area contributed by atoms with Gasteiger partial charge in [0.15, 0.2) is 11.5 Å². The monoisotopic (exact) mass is 406 g/mol. The number of sulfonamides is 1. The molecule has 0 saturated heterocycles. The first-order chi connectivity index (χ1) is 13.3. The highest BCUT2D eigenvalue weighted by molar-refractivity contribution is 7.92. The van der Waals surface area contributed by atoms with Gasteiger partial charge in [-0.15, -0.1) is 0 Å². The molecule has 2 aromatic rings. The van der Waals surface area contributed by atoms with Crippen LogP contribution in [0.4, 0.5) is 5.69 Å². The minimum absolute atomic E-state index is 0.296. The summed E-state index contributed by atoms with van der Waals surface area (Å²) in [5, 5.41) is 2.84. The first-order valence-corrected chi connectivity index (χ1v) is 10.8. The molecule has 0 bridgehead atoms. The van der Waals surface area contributed by atoms with Gasteiger partial charge < -0.3 is 14.8 Å². The van der Waals surface area contributed by atoms with Gasteiger partial charge in [-0.25, -0.2) is 8.42 Å². The van der Waals surface area contributed by atoms with E-state index in [1.807, 2.05) is 32.0 Å². The molecule has 2 rings (SSSR count). The molecular weight excluding hydrogens is 380 g/mol. The summed E-state index contributed by atoms with van der Waals surface area (Å²) >= 11 is 0. The lowest BCUT2D eigenvalue weighted by Gasteiger charge is -2.17. The van der Waals surface area contributed by atoms with Crippen molar-refractivity contribution in [1.29, 1.82) is 0 Å². The first kappa shape index (κ1) is 21.6. The Labute approximate surface area is 166 Å². The van der Waals surface area contributed by atoms with Gasteiger partial charge in [0.25, 0.3) is 5.91 Å². The number of carbonyl (C=O) groups is 1. The maximum absolute atomic E-state index is 12.5. The van der Waals surface area contributed by atoms with Crippen molar-refractivity contribution in [3.05, 3.63) is 53.6 Å². The lowest BCUT2D eigenvalue weighted by Crippen LogP contribution is -2.26. The first-order valence-electron chi connectivity index (χ1n) is 8.97. The van der Waals surface area contributed by atoms with Crippen LogP contribution in [0, 0.1) is 0 Å². The van der Waals surface area contributed by atoms with Crippen LogP contribution in [0.1, 0.15) is 29.8 Å². The van der Waals surface area contributed by atoms with E-state index in [0.29, 0.717) is 42.5 Å².